The third-order valence-electron chi connectivity index (χ3n) is 1.53. The Balaban J connectivity index is 2.78. The fraction of sp³-hybridized carbons (Fsp3) is 0.400. The van der Waals surface area contributed by atoms with Gasteiger partial charge in [0, 0.05) is 12.1 Å². The predicted octanol–water partition coefficient (Wildman–Crippen LogP) is 2.42. The Morgan fingerprint density at radius 2 is 2.31 bits per heavy atom. The SMILES string of the molecule is CCCOc1cc(OC)c[c]c1F. The molecule has 0 aromatic heterocycles. The Morgan fingerprint density at radius 1 is 1.54 bits per heavy atom. The summed E-state index contributed by atoms with van der Waals surface area (Å²) in [6.07, 6.45) is 0.844. The standard InChI is InChI=1S/C10H12FO2/c1-3-6-13-10-7-8(12-2)4-5-9(10)11/h4,7H,3,6H2,1-2H3. The minimum Gasteiger partial charge on any atom is -0.497 e. The average Bonchev–Trinajstić information content (AvgIpc) is 2.17. The smallest absolute Gasteiger partial charge is 0.173 e. The molecule has 0 atom stereocenters. The Kier molecular flexibility index (Phi) is 3.55. The van der Waals surface area contributed by atoms with Gasteiger partial charge in [-0.3, -0.25) is 0 Å². The third kappa shape index (κ3) is 2.61. The van der Waals surface area contributed by atoms with Crippen molar-refractivity contribution in [3.05, 3.63) is 24.0 Å². The summed E-state index contributed by atoms with van der Waals surface area (Å²) >= 11 is 0. The van der Waals surface area contributed by atoms with Gasteiger partial charge in [-0.05, 0) is 12.5 Å². The molecular formula is C10H12FO2. The second-order valence-electron chi connectivity index (χ2n) is 2.57. The maximum atomic E-state index is 13.0. The first-order valence-electron chi connectivity index (χ1n) is 4.16. The minimum absolute atomic E-state index is 0.196. The molecule has 1 radical (unpaired) electrons. The van der Waals surface area contributed by atoms with Crippen molar-refractivity contribution in [3.8, 4) is 11.5 Å². The highest BCUT2D eigenvalue weighted by molar-refractivity contribution is 5.33. The van der Waals surface area contributed by atoms with Crippen molar-refractivity contribution in [2.45, 2.75) is 13.3 Å². The second-order valence-corrected chi connectivity index (χ2v) is 2.57. The molecule has 0 heterocycles. The van der Waals surface area contributed by atoms with E-state index in [0.29, 0.717) is 12.4 Å². The summed E-state index contributed by atoms with van der Waals surface area (Å²) in [5.41, 5.74) is 0. The highest BCUT2D eigenvalue weighted by Gasteiger charge is 2.04. The van der Waals surface area contributed by atoms with Crippen molar-refractivity contribution in [2.24, 2.45) is 0 Å². The van der Waals surface area contributed by atoms with Gasteiger partial charge in [0.1, 0.15) is 5.75 Å². The third-order valence-corrected chi connectivity index (χ3v) is 1.53. The Bertz CT molecular complexity index is 274. The normalized spacial score (nSPS) is 9.77. The zero-order valence-corrected chi connectivity index (χ0v) is 7.76. The van der Waals surface area contributed by atoms with Crippen LogP contribution in [0.25, 0.3) is 0 Å². The van der Waals surface area contributed by atoms with Crippen LogP contribution >= 0.6 is 0 Å². The number of hydrogen-bond acceptors (Lipinski definition) is 2. The largest absolute Gasteiger partial charge is 0.497 e. The molecule has 0 spiro atoms. The lowest BCUT2D eigenvalue weighted by Crippen LogP contribution is -1.98. The number of methoxy groups -OCH3 is 1. The summed E-state index contributed by atoms with van der Waals surface area (Å²) in [4.78, 5) is 0. The van der Waals surface area contributed by atoms with E-state index in [-0.39, 0.29) is 5.75 Å². The van der Waals surface area contributed by atoms with E-state index in [0.717, 1.165) is 6.42 Å². The fourth-order valence-corrected chi connectivity index (χ4v) is 0.875. The van der Waals surface area contributed by atoms with Crippen LogP contribution in [-0.2, 0) is 0 Å². The van der Waals surface area contributed by atoms with Gasteiger partial charge in [-0.2, -0.15) is 0 Å². The average molecular weight is 183 g/mol. The molecule has 0 N–H and O–H groups in total. The lowest BCUT2D eigenvalue weighted by Gasteiger charge is -2.06. The van der Waals surface area contributed by atoms with Gasteiger partial charge in [-0.15, -0.1) is 0 Å². The summed E-state index contributed by atoms with van der Waals surface area (Å²) in [5, 5.41) is 0. The lowest BCUT2D eigenvalue weighted by molar-refractivity contribution is 0.298. The van der Waals surface area contributed by atoms with Gasteiger partial charge >= 0.3 is 0 Å². The first-order chi connectivity index (χ1) is 6.27. The number of halogens is 1. The zero-order valence-electron chi connectivity index (χ0n) is 7.76. The number of rotatable bonds is 4. The first-order valence-corrected chi connectivity index (χ1v) is 4.16. The maximum absolute atomic E-state index is 13.0. The van der Waals surface area contributed by atoms with E-state index in [1.54, 1.807) is 0 Å². The van der Waals surface area contributed by atoms with Crippen molar-refractivity contribution in [2.75, 3.05) is 13.7 Å². The van der Waals surface area contributed by atoms with Crippen LogP contribution in [0.15, 0.2) is 12.1 Å². The van der Waals surface area contributed by atoms with Crippen LogP contribution in [0.4, 0.5) is 4.39 Å². The molecule has 1 aromatic rings. The number of hydrogen-bond donors (Lipinski definition) is 0. The van der Waals surface area contributed by atoms with Crippen LogP contribution in [0.2, 0.25) is 0 Å². The summed E-state index contributed by atoms with van der Waals surface area (Å²) in [5.74, 6) is 0.267. The van der Waals surface area contributed by atoms with Gasteiger partial charge in [0.15, 0.2) is 11.6 Å². The summed E-state index contributed by atoms with van der Waals surface area (Å²) in [7, 11) is 1.52. The minimum atomic E-state index is -0.478. The molecule has 1 aromatic carbocycles. The molecule has 0 saturated carbocycles. The van der Waals surface area contributed by atoms with Crippen LogP contribution in [-0.4, -0.2) is 13.7 Å². The topological polar surface area (TPSA) is 18.5 Å². The molecule has 3 heteroatoms. The molecular weight excluding hydrogens is 171 g/mol. The van der Waals surface area contributed by atoms with Crippen LogP contribution in [0.5, 0.6) is 11.5 Å². The quantitative estimate of drug-likeness (QED) is 0.713. The van der Waals surface area contributed by atoms with Gasteiger partial charge in [-0.1, -0.05) is 6.92 Å². The van der Waals surface area contributed by atoms with E-state index in [2.05, 4.69) is 6.07 Å². The summed E-state index contributed by atoms with van der Waals surface area (Å²) in [6, 6.07) is 5.37. The molecule has 0 saturated heterocycles. The molecule has 0 fully saturated rings. The Labute approximate surface area is 77.3 Å². The van der Waals surface area contributed by atoms with Crippen LogP contribution in [0, 0.1) is 11.9 Å². The molecule has 2 nitrogen and oxygen atoms in total. The second kappa shape index (κ2) is 4.70. The summed E-state index contributed by atoms with van der Waals surface area (Å²) in [6.45, 7) is 2.46. The Hall–Kier alpha value is -1.25. The zero-order chi connectivity index (χ0) is 9.68. The first kappa shape index (κ1) is 9.84. The monoisotopic (exact) mass is 183 g/mol. The Morgan fingerprint density at radius 3 is 2.92 bits per heavy atom. The molecule has 0 aliphatic heterocycles. The molecule has 0 aliphatic rings. The van der Waals surface area contributed by atoms with Crippen molar-refractivity contribution in [3.63, 3.8) is 0 Å². The van der Waals surface area contributed by atoms with Gasteiger partial charge in [-0.25, -0.2) is 4.39 Å². The van der Waals surface area contributed by atoms with Gasteiger partial charge in [0.25, 0.3) is 0 Å². The molecule has 0 bridgehead atoms. The van der Waals surface area contributed by atoms with Crippen molar-refractivity contribution in [1.29, 1.82) is 0 Å². The molecule has 0 amide bonds. The van der Waals surface area contributed by atoms with Crippen molar-refractivity contribution >= 4 is 0 Å². The molecule has 0 unspecified atom stereocenters. The van der Waals surface area contributed by atoms with E-state index in [1.807, 2.05) is 6.92 Å². The maximum Gasteiger partial charge on any atom is 0.173 e. The van der Waals surface area contributed by atoms with Crippen molar-refractivity contribution < 1.29 is 13.9 Å². The molecule has 1 rings (SSSR count). The van der Waals surface area contributed by atoms with E-state index in [4.69, 9.17) is 9.47 Å². The van der Waals surface area contributed by atoms with Crippen molar-refractivity contribution in [1.82, 2.24) is 0 Å². The van der Waals surface area contributed by atoms with Crippen LogP contribution in [0.1, 0.15) is 13.3 Å². The van der Waals surface area contributed by atoms with Gasteiger partial charge < -0.3 is 9.47 Å². The van der Waals surface area contributed by atoms with Gasteiger partial charge in [0.05, 0.1) is 13.7 Å². The van der Waals surface area contributed by atoms with E-state index < -0.39 is 5.82 Å². The highest BCUT2D eigenvalue weighted by atomic mass is 19.1. The van der Waals surface area contributed by atoms with Gasteiger partial charge in [0.2, 0.25) is 0 Å². The fourth-order valence-electron chi connectivity index (χ4n) is 0.875. The van der Waals surface area contributed by atoms with E-state index in [9.17, 15) is 4.39 Å². The lowest BCUT2D eigenvalue weighted by atomic mass is 10.3. The number of benzene rings is 1. The van der Waals surface area contributed by atoms with E-state index in [1.165, 1.54) is 19.2 Å². The molecule has 0 aliphatic carbocycles. The van der Waals surface area contributed by atoms with Crippen LogP contribution < -0.4 is 9.47 Å². The summed E-state index contributed by atoms with van der Waals surface area (Å²) < 4.78 is 23.0. The predicted molar refractivity (Wildman–Crippen MR) is 47.6 cm³/mol. The molecule has 71 valence electrons. The van der Waals surface area contributed by atoms with Crippen LogP contribution in [0.3, 0.4) is 0 Å². The highest BCUT2D eigenvalue weighted by Crippen LogP contribution is 2.22. The van der Waals surface area contributed by atoms with E-state index >= 15 is 0 Å². The molecule has 13 heavy (non-hydrogen) atoms. The number of ether oxygens (including phenoxy) is 2.